The largest absolute Gasteiger partial charge is 0.504 e. The molecule has 0 saturated carbocycles. The van der Waals surface area contributed by atoms with Crippen LogP contribution < -0.4 is 25.1 Å². The van der Waals surface area contributed by atoms with Crippen molar-refractivity contribution in [2.24, 2.45) is 0 Å². The number of carbonyl (C=O) groups is 4. The lowest BCUT2D eigenvalue weighted by atomic mass is 9.83. The Kier molecular flexibility index (Phi) is 7.91. The van der Waals surface area contributed by atoms with E-state index in [0.717, 1.165) is 12.8 Å². The molecule has 1 aliphatic carbocycles. The van der Waals surface area contributed by atoms with Gasteiger partial charge in [-0.1, -0.05) is 37.6 Å². The predicted octanol–water partition coefficient (Wildman–Crippen LogP) is 3.20. The van der Waals surface area contributed by atoms with E-state index in [4.69, 9.17) is 14.2 Å². The summed E-state index contributed by atoms with van der Waals surface area (Å²) in [6.45, 7) is 1.98. The minimum absolute atomic E-state index is 0.0486. The molecule has 3 aromatic carbocycles. The number of fused-ring (bicyclic) bond motifs is 2. The highest BCUT2D eigenvalue weighted by Gasteiger charge is 2.33. The fraction of sp³-hybridized carbons (Fsp3) is 0.214. The number of ether oxygens (including phenoxy) is 3. The quantitative estimate of drug-likeness (QED) is 0.227. The van der Waals surface area contributed by atoms with Crippen LogP contribution in [0.2, 0.25) is 0 Å². The molecule has 3 aromatic rings. The van der Waals surface area contributed by atoms with Gasteiger partial charge in [0, 0.05) is 22.3 Å². The van der Waals surface area contributed by atoms with Crippen LogP contribution in [0.25, 0.3) is 0 Å². The van der Waals surface area contributed by atoms with Gasteiger partial charge in [-0.15, -0.1) is 0 Å². The van der Waals surface area contributed by atoms with Gasteiger partial charge in [0.1, 0.15) is 0 Å². The normalized spacial score (nSPS) is 11.7. The van der Waals surface area contributed by atoms with E-state index < -0.39 is 35.7 Å². The first-order chi connectivity index (χ1) is 18.3. The molecule has 2 amide bonds. The summed E-state index contributed by atoms with van der Waals surface area (Å²) in [5.41, 5.74) is 5.01. The zero-order chi connectivity index (χ0) is 27.2. The molecule has 196 valence electrons. The number of aromatic hydroxyl groups is 1. The highest BCUT2D eigenvalue weighted by Crippen LogP contribution is 2.38. The van der Waals surface area contributed by atoms with Crippen LogP contribution in [0, 0.1) is 0 Å². The highest BCUT2D eigenvalue weighted by atomic mass is 16.5. The second-order valence-electron chi connectivity index (χ2n) is 8.40. The lowest BCUT2D eigenvalue weighted by Crippen LogP contribution is -2.43. The predicted molar refractivity (Wildman–Crippen MR) is 136 cm³/mol. The number of nitrogens with one attached hydrogen (secondary N) is 2. The van der Waals surface area contributed by atoms with Crippen LogP contribution in [0.5, 0.6) is 23.0 Å². The summed E-state index contributed by atoms with van der Waals surface area (Å²) in [7, 11) is 1.46. The van der Waals surface area contributed by atoms with Gasteiger partial charge in [0.25, 0.3) is 11.8 Å². The number of benzene rings is 3. The third-order valence-corrected chi connectivity index (χ3v) is 5.88. The van der Waals surface area contributed by atoms with Crippen LogP contribution in [0.15, 0.2) is 54.6 Å². The maximum absolute atomic E-state index is 12.9. The first-order valence-electron chi connectivity index (χ1n) is 11.9. The summed E-state index contributed by atoms with van der Waals surface area (Å²) in [6, 6.07) is 13.6. The number of phenolic OH excluding ortho intramolecular Hbond substituents is 1. The van der Waals surface area contributed by atoms with E-state index in [2.05, 4.69) is 10.9 Å². The third-order valence-electron chi connectivity index (χ3n) is 5.88. The zero-order valence-corrected chi connectivity index (χ0v) is 20.8. The summed E-state index contributed by atoms with van der Waals surface area (Å²) in [6.07, 6.45) is 1.86. The Hall–Kier alpha value is -4.86. The molecule has 1 aliphatic rings. The minimum atomic E-state index is -0.727. The Balaban J connectivity index is 1.36. The molecule has 10 nitrogen and oxygen atoms in total. The Bertz CT molecular complexity index is 1420. The Morgan fingerprint density at radius 1 is 0.842 bits per heavy atom. The molecule has 0 spiro atoms. The number of hydrogen-bond donors (Lipinski definition) is 3. The van der Waals surface area contributed by atoms with E-state index in [-0.39, 0.29) is 33.6 Å². The van der Waals surface area contributed by atoms with Gasteiger partial charge >= 0.3 is 0 Å². The molecule has 0 saturated heterocycles. The molecule has 0 radical (unpaired) electrons. The molecule has 0 unspecified atom stereocenters. The highest BCUT2D eigenvalue weighted by molar-refractivity contribution is 6.29. The monoisotopic (exact) mass is 518 g/mol. The van der Waals surface area contributed by atoms with Crippen molar-refractivity contribution in [1.29, 1.82) is 0 Å². The van der Waals surface area contributed by atoms with Crippen molar-refractivity contribution in [2.45, 2.75) is 19.8 Å². The van der Waals surface area contributed by atoms with Crippen molar-refractivity contribution < 1.29 is 38.5 Å². The molecule has 0 bridgehead atoms. The summed E-state index contributed by atoms with van der Waals surface area (Å²) in [5, 5.41) is 10.6. The molecular formula is C28H26N2O8. The molecule has 38 heavy (non-hydrogen) atoms. The van der Waals surface area contributed by atoms with E-state index in [1.807, 2.05) is 6.92 Å². The van der Waals surface area contributed by atoms with E-state index in [9.17, 15) is 24.3 Å². The first-order valence-corrected chi connectivity index (χ1v) is 11.9. The topological polar surface area (TPSA) is 140 Å². The van der Waals surface area contributed by atoms with E-state index in [0.29, 0.717) is 18.1 Å². The third kappa shape index (κ3) is 5.29. The number of hydrazine groups is 1. The van der Waals surface area contributed by atoms with Crippen LogP contribution in [-0.4, -0.2) is 48.8 Å². The summed E-state index contributed by atoms with van der Waals surface area (Å²) in [5.74, 6) is -2.06. The van der Waals surface area contributed by atoms with Crippen molar-refractivity contribution in [3.05, 3.63) is 82.4 Å². The fourth-order valence-electron chi connectivity index (χ4n) is 3.90. The molecule has 0 atom stereocenters. The van der Waals surface area contributed by atoms with Crippen molar-refractivity contribution in [1.82, 2.24) is 10.9 Å². The Morgan fingerprint density at radius 2 is 1.55 bits per heavy atom. The van der Waals surface area contributed by atoms with Gasteiger partial charge in [-0.3, -0.25) is 30.0 Å². The van der Waals surface area contributed by atoms with Crippen molar-refractivity contribution in [3.63, 3.8) is 0 Å². The fourth-order valence-corrected chi connectivity index (χ4v) is 3.90. The van der Waals surface area contributed by atoms with Gasteiger partial charge in [0.05, 0.1) is 19.3 Å². The second-order valence-corrected chi connectivity index (χ2v) is 8.40. The standard InChI is InChI=1S/C28H26N2O8/c1-3-4-13-37-20-11-9-16(14-22(20)36-2)28(35)30-29-23(31)15-38-21-12-10-19-24(27(21)34)26(33)18-8-6-5-7-17(18)25(19)32/h5-12,14,34H,3-4,13,15H2,1-2H3,(H,29,31)(H,30,35). The molecule has 0 aliphatic heterocycles. The Labute approximate surface area is 218 Å². The van der Waals surface area contributed by atoms with Gasteiger partial charge < -0.3 is 19.3 Å². The molecule has 0 aromatic heterocycles. The molecule has 0 heterocycles. The van der Waals surface area contributed by atoms with E-state index in [1.165, 1.54) is 37.4 Å². The SMILES string of the molecule is CCCCOc1ccc(C(=O)NNC(=O)COc2ccc3c(c2O)C(=O)c2ccccc2C3=O)cc1OC. The molecular weight excluding hydrogens is 492 g/mol. The minimum Gasteiger partial charge on any atom is -0.504 e. The van der Waals surface area contributed by atoms with E-state index in [1.54, 1.807) is 24.3 Å². The number of hydrogen-bond acceptors (Lipinski definition) is 8. The molecule has 0 fully saturated rings. The van der Waals surface area contributed by atoms with Crippen LogP contribution >= 0.6 is 0 Å². The number of unbranched alkanes of at least 4 members (excludes halogenated alkanes) is 1. The van der Waals surface area contributed by atoms with Crippen LogP contribution in [0.4, 0.5) is 0 Å². The van der Waals surface area contributed by atoms with Crippen LogP contribution in [-0.2, 0) is 4.79 Å². The average molecular weight is 519 g/mol. The van der Waals surface area contributed by atoms with Gasteiger partial charge in [0.15, 0.2) is 41.2 Å². The van der Waals surface area contributed by atoms with E-state index >= 15 is 0 Å². The number of rotatable bonds is 9. The van der Waals surface area contributed by atoms with Crippen molar-refractivity contribution >= 4 is 23.4 Å². The van der Waals surface area contributed by atoms with Crippen molar-refractivity contribution in [2.75, 3.05) is 20.3 Å². The average Bonchev–Trinajstić information content (AvgIpc) is 2.94. The maximum Gasteiger partial charge on any atom is 0.276 e. The van der Waals surface area contributed by atoms with Gasteiger partial charge in [-0.2, -0.15) is 0 Å². The molecule has 3 N–H and O–H groups in total. The van der Waals surface area contributed by atoms with Crippen LogP contribution in [0.3, 0.4) is 0 Å². The van der Waals surface area contributed by atoms with Crippen molar-refractivity contribution in [3.8, 4) is 23.0 Å². The number of carbonyl (C=O) groups excluding carboxylic acids is 4. The summed E-state index contributed by atoms with van der Waals surface area (Å²) in [4.78, 5) is 50.4. The lowest BCUT2D eigenvalue weighted by Gasteiger charge is -2.19. The number of ketones is 2. The molecule has 10 heteroatoms. The maximum atomic E-state index is 12.9. The molecule has 4 rings (SSSR count). The Morgan fingerprint density at radius 3 is 2.26 bits per heavy atom. The first kappa shape index (κ1) is 26.2. The zero-order valence-electron chi connectivity index (χ0n) is 20.8. The van der Waals surface area contributed by atoms with Crippen LogP contribution in [0.1, 0.15) is 62.0 Å². The summed E-state index contributed by atoms with van der Waals surface area (Å²) < 4.78 is 16.3. The lowest BCUT2D eigenvalue weighted by molar-refractivity contribution is -0.123. The van der Waals surface area contributed by atoms with Gasteiger partial charge in [-0.05, 0) is 36.8 Å². The number of methoxy groups -OCH3 is 1. The smallest absolute Gasteiger partial charge is 0.276 e. The van der Waals surface area contributed by atoms with Gasteiger partial charge in [0.2, 0.25) is 0 Å². The second kappa shape index (κ2) is 11.5. The summed E-state index contributed by atoms with van der Waals surface area (Å²) >= 11 is 0. The number of phenols is 1. The van der Waals surface area contributed by atoms with Gasteiger partial charge in [-0.25, -0.2) is 0 Å². The number of amides is 2.